The van der Waals surface area contributed by atoms with Gasteiger partial charge in [0.05, 0.1) is 0 Å². The summed E-state index contributed by atoms with van der Waals surface area (Å²) in [6.07, 6.45) is 3.98. The van der Waals surface area contributed by atoms with Crippen LogP contribution in [0.4, 0.5) is 5.82 Å². The SMILES string of the molecule is CC(=O)NC1CCCN(c2nccc3ccccc23)C1. The van der Waals surface area contributed by atoms with E-state index in [-0.39, 0.29) is 11.9 Å². The van der Waals surface area contributed by atoms with Gasteiger partial charge in [-0.25, -0.2) is 4.98 Å². The summed E-state index contributed by atoms with van der Waals surface area (Å²) in [4.78, 5) is 18.1. The minimum absolute atomic E-state index is 0.0442. The van der Waals surface area contributed by atoms with Gasteiger partial charge in [0.25, 0.3) is 0 Å². The number of hydrogen-bond acceptors (Lipinski definition) is 3. The predicted molar refractivity (Wildman–Crippen MR) is 80.8 cm³/mol. The number of anilines is 1. The molecular formula is C16H19N3O. The summed E-state index contributed by atoms with van der Waals surface area (Å²) in [7, 11) is 0. The van der Waals surface area contributed by atoms with Crippen molar-refractivity contribution in [2.24, 2.45) is 0 Å². The molecule has 1 fully saturated rings. The van der Waals surface area contributed by atoms with Gasteiger partial charge in [0.1, 0.15) is 5.82 Å². The standard InChI is InChI=1S/C16H19N3O/c1-12(20)18-14-6-4-10-19(11-14)16-15-7-3-2-5-13(15)8-9-17-16/h2-3,5,7-9,14H,4,6,10-11H2,1H3,(H,18,20). The zero-order valence-corrected chi connectivity index (χ0v) is 11.7. The molecule has 4 nitrogen and oxygen atoms in total. The van der Waals surface area contributed by atoms with E-state index in [2.05, 4.69) is 27.3 Å². The van der Waals surface area contributed by atoms with E-state index in [1.807, 2.05) is 24.4 Å². The molecule has 1 aliphatic heterocycles. The molecule has 0 saturated carbocycles. The zero-order chi connectivity index (χ0) is 13.9. The number of nitrogens with one attached hydrogen (secondary N) is 1. The Balaban J connectivity index is 1.88. The van der Waals surface area contributed by atoms with Gasteiger partial charge in [-0.2, -0.15) is 0 Å². The molecule has 0 aliphatic carbocycles. The van der Waals surface area contributed by atoms with Gasteiger partial charge >= 0.3 is 0 Å². The molecule has 2 heterocycles. The summed E-state index contributed by atoms with van der Waals surface area (Å²) in [5, 5.41) is 5.41. The van der Waals surface area contributed by atoms with Crippen LogP contribution in [0.15, 0.2) is 36.5 Å². The van der Waals surface area contributed by atoms with Gasteiger partial charge in [0.2, 0.25) is 5.91 Å². The first-order chi connectivity index (χ1) is 9.74. The number of amides is 1. The smallest absolute Gasteiger partial charge is 0.217 e. The summed E-state index contributed by atoms with van der Waals surface area (Å²) < 4.78 is 0. The molecule has 1 atom stereocenters. The van der Waals surface area contributed by atoms with E-state index in [9.17, 15) is 4.79 Å². The molecule has 0 radical (unpaired) electrons. The fourth-order valence-corrected chi connectivity index (χ4v) is 2.93. The summed E-state index contributed by atoms with van der Waals surface area (Å²) >= 11 is 0. The van der Waals surface area contributed by atoms with Gasteiger partial charge in [0, 0.05) is 37.6 Å². The van der Waals surface area contributed by atoms with Crippen molar-refractivity contribution in [3.05, 3.63) is 36.5 Å². The van der Waals surface area contributed by atoms with Gasteiger partial charge in [-0.05, 0) is 24.3 Å². The van der Waals surface area contributed by atoms with Crippen molar-refractivity contribution >= 4 is 22.5 Å². The van der Waals surface area contributed by atoms with Crippen molar-refractivity contribution in [3.63, 3.8) is 0 Å². The number of aromatic nitrogens is 1. The molecule has 2 aromatic rings. The second-order valence-corrected chi connectivity index (χ2v) is 5.34. The zero-order valence-electron chi connectivity index (χ0n) is 11.7. The van der Waals surface area contributed by atoms with Gasteiger partial charge in [-0.1, -0.05) is 24.3 Å². The Labute approximate surface area is 118 Å². The molecule has 1 amide bonds. The van der Waals surface area contributed by atoms with Gasteiger partial charge in [-0.15, -0.1) is 0 Å². The average Bonchev–Trinajstić information content (AvgIpc) is 2.46. The van der Waals surface area contributed by atoms with Crippen LogP contribution in [0.2, 0.25) is 0 Å². The monoisotopic (exact) mass is 269 g/mol. The fourth-order valence-electron chi connectivity index (χ4n) is 2.93. The first-order valence-corrected chi connectivity index (χ1v) is 7.10. The number of fused-ring (bicyclic) bond motifs is 1. The highest BCUT2D eigenvalue weighted by Crippen LogP contribution is 2.26. The largest absolute Gasteiger partial charge is 0.354 e. The third-order valence-electron chi connectivity index (χ3n) is 3.78. The highest BCUT2D eigenvalue weighted by molar-refractivity contribution is 5.92. The van der Waals surface area contributed by atoms with Crippen LogP contribution in [0, 0.1) is 0 Å². The van der Waals surface area contributed by atoms with E-state index in [1.54, 1.807) is 6.92 Å². The summed E-state index contributed by atoms with van der Waals surface area (Å²) in [5.41, 5.74) is 0. The Morgan fingerprint density at radius 3 is 3.05 bits per heavy atom. The summed E-state index contributed by atoms with van der Waals surface area (Å²) in [6, 6.07) is 10.6. The Hall–Kier alpha value is -2.10. The van der Waals surface area contributed by atoms with E-state index in [0.29, 0.717) is 0 Å². The van der Waals surface area contributed by atoms with Crippen molar-refractivity contribution in [1.29, 1.82) is 0 Å². The second-order valence-electron chi connectivity index (χ2n) is 5.34. The number of carbonyl (C=O) groups excluding carboxylic acids is 1. The Morgan fingerprint density at radius 1 is 1.35 bits per heavy atom. The molecule has 4 heteroatoms. The minimum atomic E-state index is 0.0442. The number of rotatable bonds is 2. The number of benzene rings is 1. The van der Waals surface area contributed by atoms with E-state index in [4.69, 9.17) is 0 Å². The highest BCUT2D eigenvalue weighted by Gasteiger charge is 2.22. The molecule has 104 valence electrons. The fraction of sp³-hybridized carbons (Fsp3) is 0.375. The van der Waals surface area contributed by atoms with Gasteiger partial charge < -0.3 is 10.2 Å². The van der Waals surface area contributed by atoms with Crippen molar-refractivity contribution in [3.8, 4) is 0 Å². The molecular weight excluding hydrogens is 250 g/mol. The number of piperidine rings is 1. The molecule has 0 spiro atoms. The van der Waals surface area contributed by atoms with Crippen LogP contribution < -0.4 is 10.2 Å². The van der Waals surface area contributed by atoms with Crippen molar-refractivity contribution in [2.45, 2.75) is 25.8 Å². The Kier molecular flexibility index (Phi) is 3.54. The Morgan fingerprint density at radius 2 is 2.20 bits per heavy atom. The Bertz CT molecular complexity index is 621. The topological polar surface area (TPSA) is 45.2 Å². The maximum atomic E-state index is 11.2. The van der Waals surface area contributed by atoms with Crippen LogP contribution in [-0.2, 0) is 4.79 Å². The first kappa shape index (κ1) is 12.9. The molecule has 1 aromatic heterocycles. The average molecular weight is 269 g/mol. The van der Waals surface area contributed by atoms with Crippen LogP contribution in [0.3, 0.4) is 0 Å². The number of nitrogens with zero attached hydrogens (tertiary/aromatic N) is 2. The van der Waals surface area contributed by atoms with Crippen LogP contribution in [-0.4, -0.2) is 30.0 Å². The van der Waals surface area contributed by atoms with E-state index < -0.39 is 0 Å². The molecule has 1 aromatic carbocycles. The molecule has 1 aliphatic rings. The quantitative estimate of drug-likeness (QED) is 0.910. The van der Waals surface area contributed by atoms with Crippen LogP contribution in [0.5, 0.6) is 0 Å². The molecule has 1 saturated heterocycles. The van der Waals surface area contributed by atoms with Crippen molar-refractivity contribution in [2.75, 3.05) is 18.0 Å². The molecule has 1 unspecified atom stereocenters. The van der Waals surface area contributed by atoms with Crippen LogP contribution >= 0.6 is 0 Å². The minimum Gasteiger partial charge on any atom is -0.354 e. The van der Waals surface area contributed by atoms with Crippen molar-refractivity contribution < 1.29 is 4.79 Å². The summed E-state index contributed by atoms with van der Waals surface area (Å²) in [5.74, 6) is 1.07. The van der Waals surface area contributed by atoms with Crippen molar-refractivity contribution in [1.82, 2.24) is 10.3 Å². The lowest BCUT2D eigenvalue weighted by Gasteiger charge is -2.34. The lowest BCUT2D eigenvalue weighted by molar-refractivity contribution is -0.119. The molecule has 3 rings (SSSR count). The maximum Gasteiger partial charge on any atom is 0.217 e. The van der Waals surface area contributed by atoms with Gasteiger partial charge in [-0.3, -0.25) is 4.79 Å². The number of hydrogen-bond donors (Lipinski definition) is 1. The molecule has 1 N–H and O–H groups in total. The third kappa shape index (κ3) is 2.59. The number of pyridine rings is 1. The lowest BCUT2D eigenvalue weighted by Crippen LogP contribution is -2.47. The lowest BCUT2D eigenvalue weighted by atomic mass is 10.0. The predicted octanol–water partition coefficient (Wildman–Crippen LogP) is 2.34. The normalized spacial score (nSPS) is 19.1. The first-order valence-electron chi connectivity index (χ1n) is 7.10. The summed E-state index contributed by atoms with van der Waals surface area (Å²) in [6.45, 7) is 3.41. The van der Waals surface area contributed by atoms with E-state index >= 15 is 0 Å². The highest BCUT2D eigenvalue weighted by atomic mass is 16.1. The van der Waals surface area contributed by atoms with Gasteiger partial charge in [0.15, 0.2) is 0 Å². The third-order valence-corrected chi connectivity index (χ3v) is 3.78. The maximum absolute atomic E-state index is 11.2. The second kappa shape index (κ2) is 5.49. The molecule has 20 heavy (non-hydrogen) atoms. The van der Waals surface area contributed by atoms with E-state index in [0.717, 1.165) is 31.7 Å². The van der Waals surface area contributed by atoms with Crippen LogP contribution in [0.25, 0.3) is 10.8 Å². The number of carbonyl (C=O) groups is 1. The molecule has 0 bridgehead atoms. The van der Waals surface area contributed by atoms with Crippen LogP contribution in [0.1, 0.15) is 19.8 Å². The van der Waals surface area contributed by atoms with E-state index in [1.165, 1.54) is 10.8 Å².